The van der Waals surface area contributed by atoms with E-state index < -0.39 is 10.0 Å². The number of nitriles is 1. The molecule has 0 aliphatic heterocycles. The Morgan fingerprint density at radius 1 is 1.24 bits per heavy atom. The maximum atomic E-state index is 12.2. The highest BCUT2D eigenvalue weighted by Gasteiger charge is 2.19. The zero-order chi connectivity index (χ0) is 21.4. The van der Waals surface area contributed by atoms with E-state index in [2.05, 4.69) is 11.4 Å². The first-order valence-electron chi connectivity index (χ1n) is 8.81. The molecule has 0 aliphatic carbocycles. The predicted octanol–water partition coefficient (Wildman–Crippen LogP) is 3.60. The van der Waals surface area contributed by atoms with E-state index in [9.17, 15) is 13.2 Å². The molecule has 29 heavy (non-hydrogen) atoms. The number of ether oxygens (including phenoxy) is 1. The van der Waals surface area contributed by atoms with E-state index in [1.165, 1.54) is 17.5 Å². The van der Waals surface area contributed by atoms with Crippen LogP contribution in [0.15, 0.2) is 42.5 Å². The second kappa shape index (κ2) is 10.1. The molecule has 0 aliphatic rings. The van der Waals surface area contributed by atoms with Gasteiger partial charge in [-0.3, -0.25) is 9.10 Å². The second-order valence-corrected chi connectivity index (χ2v) is 8.65. The van der Waals surface area contributed by atoms with Crippen LogP contribution < -0.4 is 14.4 Å². The molecule has 154 valence electrons. The molecule has 0 aromatic heterocycles. The van der Waals surface area contributed by atoms with E-state index in [4.69, 9.17) is 21.6 Å². The average Bonchev–Trinajstić information content (AvgIpc) is 2.66. The van der Waals surface area contributed by atoms with E-state index in [0.29, 0.717) is 35.0 Å². The Labute approximate surface area is 175 Å². The van der Waals surface area contributed by atoms with Gasteiger partial charge in [-0.15, -0.1) is 0 Å². The smallest absolute Gasteiger partial charge is 0.232 e. The van der Waals surface area contributed by atoms with E-state index >= 15 is 0 Å². The Morgan fingerprint density at radius 2 is 1.93 bits per heavy atom. The monoisotopic (exact) mass is 435 g/mol. The molecule has 7 nitrogen and oxygen atoms in total. The van der Waals surface area contributed by atoms with Crippen molar-refractivity contribution in [2.45, 2.75) is 19.3 Å². The van der Waals surface area contributed by atoms with Crippen LogP contribution >= 0.6 is 11.6 Å². The lowest BCUT2D eigenvalue weighted by atomic mass is 10.1. The van der Waals surface area contributed by atoms with Crippen LogP contribution in [0.25, 0.3) is 0 Å². The number of methoxy groups -OCH3 is 1. The first kappa shape index (κ1) is 22.5. The summed E-state index contributed by atoms with van der Waals surface area (Å²) in [5.74, 6) is 0.225. The lowest BCUT2D eigenvalue weighted by Gasteiger charge is -2.23. The van der Waals surface area contributed by atoms with E-state index in [1.54, 1.807) is 36.4 Å². The number of anilines is 2. The van der Waals surface area contributed by atoms with Crippen molar-refractivity contribution in [2.24, 2.45) is 0 Å². The standard InChI is InChI=1S/C20H22ClN3O4S/c1-28-19-10-9-17(14-18(19)21)24(29(2,26)27)13-3-4-20(25)23-16-7-5-15(6-8-16)11-12-22/h5-10,14H,3-4,11,13H2,1-2H3,(H,23,25). The van der Waals surface area contributed by atoms with Crippen LogP contribution in [0.1, 0.15) is 18.4 Å². The fourth-order valence-electron chi connectivity index (χ4n) is 2.70. The Balaban J connectivity index is 1.97. The third kappa shape index (κ3) is 6.66. The quantitative estimate of drug-likeness (QED) is 0.648. The van der Waals surface area contributed by atoms with Crippen LogP contribution in [0.3, 0.4) is 0 Å². The molecule has 0 bridgehead atoms. The second-order valence-electron chi connectivity index (χ2n) is 6.34. The number of benzene rings is 2. The van der Waals surface area contributed by atoms with E-state index in [1.807, 2.05) is 0 Å². The van der Waals surface area contributed by atoms with Crippen molar-refractivity contribution in [1.29, 1.82) is 5.26 Å². The van der Waals surface area contributed by atoms with Crippen molar-refractivity contribution < 1.29 is 17.9 Å². The van der Waals surface area contributed by atoms with Crippen molar-refractivity contribution >= 4 is 38.9 Å². The first-order chi connectivity index (χ1) is 13.7. The summed E-state index contributed by atoms with van der Waals surface area (Å²) >= 11 is 6.10. The predicted molar refractivity (Wildman–Crippen MR) is 114 cm³/mol. The van der Waals surface area contributed by atoms with Gasteiger partial charge in [-0.25, -0.2) is 8.42 Å². The Morgan fingerprint density at radius 3 is 2.48 bits per heavy atom. The Bertz CT molecular complexity index is 1000. The molecule has 0 atom stereocenters. The van der Waals surface area contributed by atoms with Crippen LogP contribution in [0.5, 0.6) is 5.75 Å². The molecule has 9 heteroatoms. The maximum Gasteiger partial charge on any atom is 0.232 e. The van der Waals surface area contributed by atoms with Gasteiger partial charge in [-0.2, -0.15) is 5.26 Å². The van der Waals surface area contributed by atoms with E-state index in [0.717, 1.165) is 11.8 Å². The van der Waals surface area contributed by atoms with Gasteiger partial charge in [0.1, 0.15) is 5.75 Å². The van der Waals surface area contributed by atoms with Crippen molar-refractivity contribution in [2.75, 3.05) is 29.5 Å². The highest BCUT2D eigenvalue weighted by molar-refractivity contribution is 7.92. The highest BCUT2D eigenvalue weighted by Crippen LogP contribution is 2.30. The van der Waals surface area contributed by atoms with Crippen LogP contribution in [-0.2, 0) is 21.2 Å². The largest absolute Gasteiger partial charge is 0.495 e. The molecular formula is C20H22ClN3O4S. The number of nitrogens with zero attached hydrogens (tertiary/aromatic N) is 2. The number of halogens is 1. The van der Waals surface area contributed by atoms with Crippen molar-refractivity contribution in [3.8, 4) is 11.8 Å². The number of sulfonamides is 1. The number of hydrogen-bond donors (Lipinski definition) is 1. The zero-order valence-electron chi connectivity index (χ0n) is 16.2. The number of hydrogen-bond acceptors (Lipinski definition) is 5. The summed E-state index contributed by atoms with van der Waals surface area (Å²) in [7, 11) is -2.07. The summed E-state index contributed by atoms with van der Waals surface area (Å²) in [6.07, 6.45) is 1.89. The zero-order valence-corrected chi connectivity index (χ0v) is 17.8. The van der Waals surface area contributed by atoms with Crippen molar-refractivity contribution in [1.82, 2.24) is 0 Å². The molecule has 2 aromatic carbocycles. The Hall–Kier alpha value is -2.76. The molecule has 1 N–H and O–H groups in total. The molecule has 2 aromatic rings. The van der Waals surface area contributed by atoms with Crippen LogP contribution in [-0.4, -0.2) is 34.2 Å². The third-order valence-electron chi connectivity index (χ3n) is 4.11. The van der Waals surface area contributed by atoms with Gasteiger partial charge in [-0.1, -0.05) is 23.7 Å². The van der Waals surface area contributed by atoms with Crippen LogP contribution in [0.4, 0.5) is 11.4 Å². The summed E-state index contributed by atoms with van der Waals surface area (Å²) in [5, 5.41) is 11.7. The molecule has 0 heterocycles. The molecule has 0 saturated heterocycles. The SMILES string of the molecule is COc1ccc(N(CCCC(=O)Nc2ccc(CC#N)cc2)S(C)(=O)=O)cc1Cl. The van der Waals surface area contributed by atoms with Gasteiger partial charge in [0.15, 0.2) is 0 Å². The summed E-state index contributed by atoms with van der Waals surface area (Å²) in [6.45, 7) is 0.135. The minimum atomic E-state index is -3.55. The maximum absolute atomic E-state index is 12.2. The van der Waals surface area contributed by atoms with Crippen LogP contribution in [0, 0.1) is 11.3 Å². The number of carbonyl (C=O) groups is 1. The lowest BCUT2D eigenvalue weighted by Crippen LogP contribution is -2.31. The number of nitrogens with one attached hydrogen (secondary N) is 1. The first-order valence-corrected chi connectivity index (χ1v) is 11.0. The minimum Gasteiger partial charge on any atom is -0.495 e. The number of carbonyl (C=O) groups excluding carboxylic acids is 1. The fraction of sp³-hybridized carbons (Fsp3) is 0.300. The third-order valence-corrected chi connectivity index (χ3v) is 5.60. The van der Waals surface area contributed by atoms with Gasteiger partial charge >= 0.3 is 0 Å². The van der Waals surface area contributed by atoms with Gasteiger partial charge in [0.2, 0.25) is 15.9 Å². The molecule has 0 radical (unpaired) electrons. The normalized spacial score (nSPS) is 10.8. The topological polar surface area (TPSA) is 99.5 Å². The van der Waals surface area contributed by atoms with E-state index in [-0.39, 0.29) is 18.9 Å². The molecule has 2 rings (SSSR count). The minimum absolute atomic E-state index is 0.135. The number of rotatable bonds is 9. The molecular weight excluding hydrogens is 414 g/mol. The summed E-state index contributed by atoms with van der Waals surface area (Å²) < 4.78 is 30.7. The molecule has 0 unspecified atom stereocenters. The van der Waals surface area contributed by atoms with Crippen LogP contribution in [0.2, 0.25) is 5.02 Å². The molecule has 0 saturated carbocycles. The highest BCUT2D eigenvalue weighted by atomic mass is 35.5. The van der Waals surface area contributed by atoms with Gasteiger partial charge in [0.05, 0.1) is 36.6 Å². The summed E-state index contributed by atoms with van der Waals surface area (Å²) in [5.41, 5.74) is 1.90. The summed E-state index contributed by atoms with van der Waals surface area (Å²) in [4.78, 5) is 12.2. The van der Waals surface area contributed by atoms with Gasteiger partial charge < -0.3 is 10.1 Å². The molecule has 1 amide bonds. The molecule has 0 spiro atoms. The average molecular weight is 436 g/mol. The fourth-order valence-corrected chi connectivity index (χ4v) is 3.91. The Kier molecular flexibility index (Phi) is 7.88. The van der Waals surface area contributed by atoms with Gasteiger partial charge in [0.25, 0.3) is 0 Å². The summed E-state index contributed by atoms with van der Waals surface area (Å²) in [6, 6.07) is 13.8. The van der Waals surface area contributed by atoms with Crippen molar-refractivity contribution in [3.63, 3.8) is 0 Å². The molecule has 0 fully saturated rings. The number of amides is 1. The lowest BCUT2D eigenvalue weighted by molar-refractivity contribution is -0.116. The van der Waals surface area contributed by atoms with Gasteiger partial charge in [0, 0.05) is 18.7 Å². The van der Waals surface area contributed by atoms with Gasteiger partial charge in [-0.05, 0) is 42.3 Å². The van der Waals surface area contributed by atoms with Crippen molar-refractivity contribution in [3.05, 3.63) is 53.1 Å².